The monoisotopic (exact) mass is 439 g/mol. The van der Waals surface area contributed by atoms with Crippen LogP contribution in [0.2, 0.25) is 0 Å². The van der Waals surface area contributed by atoms with Crippen LogP contribution < -0.4 is 4.90 Å². The Morgan fingerprint density at radius 3 is 2.28 bits per heavy atom. The van der Waals surface area contributed by atoms with Crippen LogP contribution in [0.4, 0.5) is 10.7 Å². The Kier molecular flexibility index (Phi) is 6.83. The molecule has 0 aromatic carbocycles. The van der Waals surface area contributed by atoms with Gasteiger partial charge in [0.2, 0.25) is 5.95 Å². The van der Waals surface area contributed by atoms with Crippen LogP contribution in [0.3, 0.4) is 0 Å². The van der Waals surface area contributed by atoms with Gasteiger partial charge in [0.15, 0.2) is 0 Å². The third kappa shape index (κ3) is 4.74. The van der Waals surface area contributed by atoms with Crippen LogP contribution >= 0.6 is 0 Å². The van der Waals surface area contributed by atoms with Crippen molar-refractivity contribution in [1.82, 2.24) is 24.9 Å². The molecule has 1 aromatic rings. The first-order valence-corrected chi connectivity index (χ1v) is 12.8. The number of amides is 2. The van der Waals surface area contributed by atoms with Crippen LogP contribution in [0.1, 0.15) is 88.8 Å². The van der Waals surface area contributed by atoms with Crippen molar-refractivity contribution in [3.8, 4) is 0 Å². The van der Waals surface area contributed by atoms with Gasteiger partial charge in [-0.2, -0.15) is 10.1 Å². The Bertz CT molecular complexity index is 793. The average Bonchev–Trinajstić information content (AvgIpc) is 3.51. The molecule has 2 saturated carbocycles. The van der Waals surface area contributed by atoms with Crippen molar-refractivity contribution in [3.63, 3.8) is 0 Å². The molecule has 3 heterocycles. The van der Waals surface area contributed by atoms with Gasteiger partial charge in [-0.25, -0.2) is 19.8 Å². The number of urea groups is 1. The molecule has 174 valence electrons. The zero-order chi connectivity index (χ0) is 21.8. The lowest BCUT2D eigenvalue weighted by Gasteiger charge is -2.38. The number of piperazine rings is 1. The Labute approximate surface area is 191 Å². The summed E-state index contributed by atoms with van der Waals surface area (Å²) in [6.07, 6.45) is 18.5. The van der Waals surface area contributed by atoms with E-state index in [4.69, 9.17) is 4.98 Å². The molecule has 1 unspecified atom stereocenters. The fourth-order valence-corrected chi connectivity index (χ4v) is 5.96. The number of nitrogens with zero attached hydrogens (tertiary/aromatic N) is 7. The highest BCUT2D eigenvalue weighted by atomic mass is 16.2. The maximum absolute atomic E-state index is 13.4. The van der Waals surface area contributed by atoms with Gasteiger partial charge >= 0.3 is 6.03 Å². The molecular formula is C24H37N7O. The third-order valence-electron chi connectivity index (χ3n) is 7.89. The minimum atomic E-state index is 0.0766. The number of hydrazone groups is 1. The summed E-state index contributed by atoms with van der Waals surface area (Å²) in [5.41, 5.74) is 0. The SMILES string of the molecule is O=C(N1CCN(c2ncnc(C3CCCC3)n2)CC1)N1N=CCC1C1CCCCCCC1. The van der Waals surface area contributed by atoms with Crippen molar-refractivity contribution >= 4 is 18.2 Å². The summed E-state index contributed by atoms with van der Waals surface area (Å²) in [5, 5.41) is 6.33. The maximum Gasteiger partial charge on any atom is 0.340 e. The number of aromatic nitrogens is 3. The Balaban J connectivity index is 1.18. The van der Waals surface area contributed by atoms with Crippen LogP contribution in [0.5, 0.6) is 0 Å². The number of carbonyl (C=O) groups excluding carboxylic acids is 1. The summed E-state index contributed by atoms with van der Waals surface area (Å²) in [4.78, 5) is 31.2. The van der Waals surface area contributed by atoms with Crippen molar-refractivity contribution < 1.29 is 4.79 Å². The van der Waals surface area contributed by atoms with Gasteiger partial charge in [-0.15, -0.1) is 0 Å². The summed E-state index contributed by atoms with van der Waals surface area (Å²) in [5.74, 6) is 2.78. The van der Waals surface area contributed by atoms with E-state index >= 15 is 0 Å². The summed E-state index contributed by atoms with van der Waals surface area (Å²) >= 11 is 0. The second-order valence-electron chi connectivity index (χ2n) is 9.93. The lowest BCUT2D eigenvalue weighted by molar-refractivity contribution is 0.115. The molecule has 3 fully saturated rings. The van der Waals surface area contributed by atoms with Gasteiger partial charge < -0.3 is 9.80 Å². The second kappa shape index (κ2) is 10.1. The van der Waals surface area contributed by atoms with Crippen LogP contribution in [0, 0.1) is 5.92 Å². The Morgan fingerprint density at radius 2 is 1.53 bits per heavy atom. The van der Waals surface area contributed by atoms with E-state index in [0.29, 0.717) is 24.9 Å². The molecule has 2 aliphatic heterocycles. The first-order valence-electron chi connectivity index (χ1n) is 12.8. The number of anilines is 1. The Hall–Kier alpha value is -2.25. The number of hydrogen-bond donors (Lipinski definition) is 0. The van der Waals surface area contributed by atoms with E-state index < -0.39 is 0 Å². The van der Waals surface area contributed by atoms with Crippen molar-refractivity contribution in [3.05, 3.63) is 12.2 Å². The van der Waals surface area contributed by atoms with Crippen molar-refractivity contribution in [2.75, 3.05) is 31.1 Å². The van der Waals surface area contributed by atoms with Gasteiger partial charge in [0.25, 0.3) is 0 Å². The normalized spacial score (nSPS) is 25.9. The topological polar surface area (TPSA) is 77.8 Å². The smallest absolute Gasteiger partial charge is 0.337 e. The molecule has 8 nitrogen and oxygen atoms in total. The molecule has 2 aliphatic carbocycles. The highest BCUT2D eigenvalue weighted by Crippen LogP contribution is 2.33. The molecule has 4 aliphatic rings. The standard InChI is InChI=1S/C24H37N7O/c32-24(31-21(12-13-27-31)19-8-4-2-1-3-5-9-19)30-16-14-29(15-17-30)23-26-18-25-22(28-23)20-10-6-7-11-20/h13,18-21H,1-12,14-17H2. The largest absolute Gasteiger partial charge is 0.340 e. The average molecular weight is 440 g/mol. The van der Waals surface area contributed by atoms with Gasteiger partial charge in [0, 0.05) is 44.7 Å². The van der Waals surface area contributed by atoms with E-state index in [-0.39, 0.29) is 12.1 Å². The first kappa shape index (κ1) is 21.6. The third-order valence-corrected chi connectivity index (χ3v) is 7.89. The molecule has 1 aromatic heterocycles. The van der Waals surface area contributed by atoms with E-state index in [1.807, 2.05) is 16.1 Å². The predicted molar refractivity (Wildman–Crippen MR) is 125 cm³/mol. The number of hydrogen-bond acceptors (Lipinski definition) is 6. The van der Waals surface area contributed by atoms with Gasteiger partial charge in [0.1, 0.15) is 12.2 Å². The van der Waals surface area contributed by atoms with Crippen LogP contribution in [-0.4, -0.2) is 69.3 Å². The molecule has 1 atom stereocenters. The second-order valence-corrected chi connectivity index (χ2v) is 9.93. The van der Waals surface area contributed by atoms with Gasteiger partial charge in [-0.3, -0.25) is 0 Å². The van der Waals surface area contributed by atoms with Crippen LogP contribution in [0.25, 0.3) is 0 Å². The lowest BCUT2D eigenvalue weighted by atomic mass is 9.85. The molecule has 5 rings (SSSR count). The molecular weight excluding hydrogens is 402 g/mol. The fraction of sp³-hybridized carbons (Fsp3) is 0.792. The first-order chi connectivity index (χ1) is 15.8. The van der Waals surface area contributed by atoms with Crippen molar-refractivity contribution in [1.29, 1.82) is 0 Å². The van der Waals surface area contributed by atoms with Crippen molar-refractivity contribution in [2.24, 2.45) is 11.0 Å². The zero-order valence-corrected chi connectivity index (χ0v) is 19.2. The Morgan fingerprint density at radius 1 is 0.844 bits per heavy atom. The molecule has 0 radical (unpaired) electrons. The summed E-state index contributed by atoms with van der Waals surface area (Å²) < 4.78 is 0. The van der Waals surface area contributed by atoms with E-state index in [1.165, 1.54) is 70.6 Å². The summed E-state index contributed by atoms with van der Waals surface area (Å²) in [7, 11) is 0. The van der Waals surface area contributed by atoms with Gasteiger partial charge in [0.05, 0.1) is 6.04 Å². The van der Waals surface area contributed by atoms with Gasteiger partial charge in [-0.1, -0.05) is 44.9 Å². The summed E-state index contributed by atoms with van der Waals surface area (Å²) in [6, 6.07) is 0.323. The minimum absolute atomic E-state index is 0.0766. The quantitative estimate of drug-likeness (QED) is 0.706. The molecule has 1 saturated heterocycles. The highest BCUT2D eigenvalue weighted by Gasteiger charge is 2.36. The number of rotatable bonds is 3. The predicted octanol–water partition coefficient (Wildman–Crippen LogP) is 4.19. The molecule has 8 heteroatoms. The molecule has 2 amide bonds. The highest BCUT2D eigenvalue weighted by molar-refractivity contribution is 5.78. The lowest BCUT2D eigenvalue weighted by Crippen LogP contribution is -2.54. The maximum atomic E-state index is 13.4. The van der Waals surface area contributed by atoms with E-state index in [0.717, 1.165) is 31.3 Å². The molecule has 0 N–H and O–H groups in total. The van der Waals surface area contributed by atoms with Crippen LogP contribution in [-0.2, 0) is 0 Å². The van der Waals surface area contributed by atoms with Gasteiger partial charge in [-0.05, 0) is 31.6 Å². The number of carbonyl (C=O) groups is 1. The molecule has 0 spiro atoms. The minimum Gasteiger partial charge on any atom is -0.337 e. The molecule has 0 bridgehead atoms. The molecule has 32 heavy (non-hydrogen) atoms. The van der Waals surface area contributed by atoms with E-state index in [1.54, 1.807) is 6.33 Å². The zero-order valence-electron chi connectivity index (χ0n) is 19.2. The van der Waals surface area contributed by atoms with Crippen LogP contribution in [0.15, 0.2) is 11.4 Å². The summed E-state index contributed by atoms with van der Waals surface area (Å²) in [6.45, 7) is 2.89. The van der Waals surface area contributed by atoms with Crippen molar-refractivity contribution in [2.45, 2.75) is 89.0 Å². The van der Waals surface area contributed by atoms with E-state index in [2.05, 4.69) is 20.0 Å². The fourth-order valence-electron chi connectivity index (χ4n) is 5.96. The van der Waals surface area contributed by atoms with E-state index in [9.17, 15) is 4.79 Å².